The number of hydrogen-bond acceptors (Lipinski definition) is 0. The van der Waals surface area contributed by atoms with Crippen LogP contribution in [-0.2, 0) is 7.05 Å². The van der Waals surface area contributed by atoms with Crippen molar-refractivity contribution in [1.82, 2.24) is 9.78 Å². The molecule has 52 valence electrons. The van der Waals surface area contributed by atoms with Crippen molar-refractivity contribution in [3.8, 4) is 0 Å². The SMILES string of the molecule is Cn1[nH]c2cc(Cl)ccc21. The number of aryl methyl sites for hydroxylation is 1. The van der Waals surface area contributed by atoms with Crippen LogP contribution in [0.25, 0.3) is 11.0 Å². The molecule has 0 spiro atoms. The summed E-state index contributed by atoms with van der Waals surface area (Å²) in [6, 6.07) is 5.79. The number of aromatic nitrogens is 2. The maximum Gasteiger partial charge on any atom is 0.0819 e. The van der Waals surface area contributed by atoms with Crippen molar-refractivity contribution in [2.75, 3.05) is 0 Å². The second-order valence-corrected chi connectivity index (χ2v) is 2.77. The van der Waals surface area contributed by atoms with Crippen LogP contribution in [-0.4, -0.2) is 9.78 Å². The van der Waals surface area contributed by atoms with Gasteiger partial charge in [-0.1, -0.05) is 11.6 Å². The van der Waals surface area contributed by atoms with E-state index < -0.39 is 0 Å². The number of fused-ring (bicyclic) bond motifs is 1. The van der Waals surface area contributed by atoms with Crippen LogP contribution < -0.4 is 0 Å². The summed E-state index contributed by atoms with van der Waals surface area (Å²) in [7, 11) is 1.97. The number of halogens is 1. The number of aromatic amines is 1. The standard InChI is InChI=1S/C7H7ClN2/c1-10-7-3-2-5(8)4-6(7)9-10/h2-4,9H,1H3. The average molecular weight is 155 g/mol. The minimum absolute atomic E-state index is 0.777. The molecule has 0 saturated carbocycles. The van der Waals surface area contributed by atoms with E-state index >= 15 is 0 Å². The normalized spacial score (nSPS) is 11.0. The first-order chi connectivity index (χ1) is 4.77. The zero-order valence-electron chi connectivity index (χ0n) is 5.56. The number of benzene rings is 1. The lowest BCUT2D eigenvalue weighted by molar-refractivity contribution is 0.762. The molecule has 3 heteroatoms. The molecule has 1 aromatic heterocycles. The first-order valence-corrected chi connectivity index (χ1v) is 3.45. The van der Waals surface area contributed by atoms with Gasteiger partial charge >= 0.3 is 0 Å². The van der Waals surface area contributed by atoms with Crippen LogP contribution in [0.2, 0.25) is 5.02 Å². The smallest absolute Gasteiger partial charge is 0.0819 e. The van der Waals surface area contributed by atoms with Crippen LogP contribution in [0.15, 0.2) is 18.2 Å². The number of nitrogens with one attached hydrogen (secondary N) is 1. The van der Waals surface area contributed by atoms with Gasteiger partial charge in [0.05, 0.1) is 11.0 Å². The minimum atomic E-state index is 0.777. The summed E-state index contributed by atoms with van der Waals surface area (Å²) in [6.07, 6.45) is 0. The zero-order valence-corrected chi connectivity index (χ0v) is 6.31. The Bertz CT molecular complexity index is 355. The molecule has 0 saturated heterocycles. The molecule has 0 atom stereocenters. The Kier molecular flexibility index (Phi) is 1.05. The van der Waals surface area contributed by atoms with Gasteiger partial charge in [-0.3, -0.25) is 9.78 Å². The third kappa shape index (κ3) is 0.656. The third-order valence-corrected chi connectivity index (χ3v) is 1.84. The zero-order chi connectivity index (χ0) is 7.14. The van der Waals surface area contributed by atoms with Crippen LogP contribution in [0.4, 0.5) is 0 Å². The van der Waals surface area contributed by atoms with Crippen molar-refractivity contribution >= 4 is 22.6 Å². The van der Waals surface area contributed by atoms with Crippen molar-refractivity contribution in [2.24, 2.45) is 7.05 Å². The van der Waals surface area contributed by atoms with Crippen molar-refractivity contribution in [3.05, 3.63) is 23.2 Å². The van der Waals surface area contributed by atoms with Gasteiger partial charge in [0.1, 0.15) is 0 Å². The molecule has 2 nitrogen and oxygen atoms in total. The van der Waals surface area contributed by atoms with E-state index in [0.29, 0.717) is 0 Å². The summed E-state index contributed by atoms with van der Waals surface area (Å²) in [6.45, 7) is 0. The third-order valence-electron chi connectivity index (χ3n) is 1.61. The van der Waals surface area contributed by atoms with E-state index in [1.54, 1.807) is 0 Å². The molecule has 0 amide bonds. The molecule has 0 unspecified atom stereocenters. The van der Waals surface area contributed by atoms with Crippen LogP contribution in [0.5, 0.6) is 0 Å². The summed E-state index contributed by atoms with van der Waals surface area (Å²) in [5.74, 6) is 0. The molecule has 10 heavy (non-hydrogen) atoms. The summed E-state index contributed by atoms with van der Waals surface area (Å²) >= 11 is 5.74. The molecule has 0 bridgehead atoms. The second kappa shape index (κ2) is 1.80. The Labute approximate surface area is 63.4 Å². The Morgan fingerprint density at radius 1 is 1.50 bits per heavy atom. The van der Waals surface area contributed by atoms with E-state index in [1.807, 2.05) is 29.9 Å². The van der Waals surface area contributed by atoms with Crippen LogP contribution in [0, 0.1) is 0 Å². The lowest BCUT2D eigenvalue weighted by Gasteiger charge is -2.10. The number of rotatable bonds is 0. The highest BCUT2D eigenvalue weighted by Crippen LogP contribution is 2.18. The first kappa shape index (κ1) is 5.86. The molecule has 0 radical (unpaired) electrons. The van der Waals surface area contributed by atoms with E-state index in [4.69, 9.17) is 11.6 Å². The molecule has 0 aliphatic rings. The van der Waals surface area contributed by atoms with Gasteiger partial charge in [-0.15, -0.1) is 0 Å². The summed E-state index contributed by atoms with van der Waals surface area (Å²) in [5, 5.41) is 3.85. The molecule has 0 fully saturated rings. The number of nitrogens with zero attached hydrogens (tertiary/aromatic N) is 1. The quantitative estimate of drug-likeness (QED) is 0.601. The van der Waals surface area contributed by atoms with Gasteiger partial charge < -0.3 is 0 Å². The number of hydrogen-bond donors (Lipinski definition) is 1. The van der Waals surface area contributed by atoms with Gasteiger partial charge in [0.25, 0.3) is 0 Å². The van der Waals surface area contributed by atoms with E-state index in [2.05, 4.69) is 5.10 Å². The fourth-order valence-corrected chi connectivity index (χ4v) is 1.25. The Morgan fingerprint density at radius 2 is 2.30 bits per heavy atom. The maximum atomic E-state index is 5.74. The van der Waals surface area contributed by atoms with E-state index in [9.17, 15) is 0 Å². The fraction of sp³-hybridized carbons (Fsp3) is 0.143. The van der Waals surface area contributed by atoms with Crippen LogP contribution >= 0.6 is 11.6 Å². The van der Waals surface area contributed by atoms with Gasteiger partial charge in [-0.2, -0.15) is 0 Å². The molecule has 1 N–H and O–H groups in total. The molecule has 0 aliphatic carbocycles. The number of H-pyrrole nitrogens is 1. The lowest BCUT2D eigenvalue weighted by Crippen LogP contribution is -2.04. The molecule has 1 heterocycles. The van der Waals surface area contributed by atoms with Gasteiger partial charge in [-0.05, 0) is 18.2 Å². The van der Waals surface area contributed by atoms with Crippen LogP contribution in [0.3, 0.4) is 0 Å². The molecule has 2 aromatic rings. The molecular weight excluding hydrogens is 148 g/mol. The largest absolute Gasteiger partial charge is 0.296 e. The van der Waals surface area contributed by atoms with Crippen LogP contribution in [0.1, 0.15) is 0 Å². The molecule has 2 rings (SSSR count). The van der Waals surface area contributed by atoms with E-state index in [1.165, 1.54) is 5.52 Å². The Hall–Kier alpha value is -0.890. The van der Waals surface area contributed by atoms with Crippen molar-refractivity contribution in [2.45, 2.75) is 0 Å². The monoisotopic (exact) mass is 154 g/mol. The topological polar surface area (TPSA) is 20.7 Å². The highest BCUT2D eigenvalue weighted by Gasteiger charge is 1.99. The predicted octanol–water partition coefficient (Wildman–Crippen LogP) is 2.16. The Balaban J connectivity index is 2.73. The molecule has 1 aromatic carbocycles. The van der Waals surface area contributed by atoms with Gasteiger partial charge in [0, 0.05) is 12.1 Å². The average Bonchev–Trinajstić information content (AvgIpc) is 1.86. The highest BCUT2D eigenvalue weighted by atomic mass is 35.5. The fourth-order valence-electron chi connectivity index (χ4n) is 1.08. The van der Waals surface area contributed by atoms with E-state index in [-0.39, 0.29) is 0 Å². The predicted molar refractivity (Wildman–Crippen MR) is 42.3 cm³/mol. The summed E-state index contributed by atoms with van der Waals surface area (Å²) < 4.78 is 1.95. The first-order valence-electron chi connectivity index (χ1n) is 3.07. The van der Waals surface area contributed by atoms with Gasteiger partial charge in [0.2, 0.25) is 0 Å². The van der Waals surface area contributed by atoms with Gasteiger partial charge in [0.15, 0.2) is 0 Å². The maximum absolute atomic E-state index is 5.74. The second-order valence-electron chi connectivity index (χ2n) is 2.33. The molecule has 0 aliphatic heterocycles. The van der Waals surface area contributed by atoms with Gasteiger partial charge in [-0.25, -0.2) is 0 Å². The lowest BCUT2D eigenvalue weighted by atomic mass is 10.3. The highest BCUT2D eigenvalue weighted by molar-refractivity contribution is 6.31. The van der Waals surface area contributed by atoms with E-state index in [0.717, 1.165) is 10.5 Å². The Morgan fingerprint density at radius 3 is 2.90 bits per heavy atom. The van der Waals surface area contributed by atoms with Crippen molar-refractivity contribution in [3.63, 3.8) is 0 Å². The summed E-state index contributed by atoms with van der Waals surface area (Å²) in [4.78, 5) is 0. The molecular formula is C7H7ClN2. The minimum Gasteiger partial charge on any atom is -0.296 e. The van der Waals surface area contributed by atoms with Crippen molar-refractivity contribution < 1.29 is 0 Å². The van der Waals surface area contributed by atoms with Crippen molar-refractivity contribution in [1.29, 1.82) is 0 Å². The summed E-state index contributed by atoms with van der Waals surface area (Å²) in [5.41, 5.74) is 2.31.